The van der Waals surface area contributed by atoms with Crippen molar-refractivity contribution < 1.29 is 9.47 Å². The van der Waals surface area contributed by atoms with E-state index in [0.29, 0.717) is 0 Å². The summed E-state index contributed by atoms with van der Waals surface area (Å²) in [6.45, 7) is 5.66. The molecular formula is C13H28N2O2. The average Bonchev–Trinajstić information content (AvgIpc) is 2.33. The lowest BCUT2D eigenvalue weighted by Gasteiger charge is -2.29. The minimum absolute atomic E-state index is 0.146. The lowest BCUT2D eigenvalue weighted by molar-refractivity contribution is -0.119. The van der Waals surface area contributed by atoms with Gasteiger partial charge in [-0.25, -0.2) is 0 Å². The van der Waals surface area contributed by atoms with Gasteiger partial charge < -0.3 is 19.7 Å². The number of piperidine rings is 1. The molecule has 1 saturated heterocycles. The first-order chi connectivity index (χ1) is 8.17. The normalized spacial score (nSPS) is 21.0. The monoisotopic (exact) mass is 244 g/mol. The molecule has 0 aromatic rings. The second-order valence-electron chi connectivity index (χ2n) is 5.12. The zero-order valence-corrected chi connectivity index (χ0v) is 11.7. The fourth-order valence-corrected chi connectivity index (χ4v) is 2.47. The third-order valence-corrected chi connectivity index (χ3v) is 3.73. The van der Waals surface area contributed by atoms with Gasteiger partial charge in [-0.2, -0.15) is 0 Å². The lowest BCUT2D eigenvalue weighted by atomic mass is 9.94. The minimum atomic E-state index is -0.146. The van der Waals surface area contributed by atoms with Gasteiger partial charge >= 0.3 is 0 Å². The van der Waals surface area contributed by atoms with Crippen molar-refractivity contribution in [3.8, 4) is 0 Å². The highest BCUT2D eigenvalue weighted by Gasteiger charge is 2.18. The quantitative estimate of drug-likeness (QED) is 0.685. The fourth-order valence-electron chi connectivity index (χ4n) is 2.47. The molecule has 1 atom stereocenters. The molecule has 1 N–H and O–H groups in total. The predicted molar refractivity (Wildman–Crippen MR) is 70.1 cm³/mol. The third-order valence-electron chi connectivity index (χ3n) is 3.73. The summed E-state index contributed by atoms with van der Waals surface area (Å²) in [6.07, 6.45) is 3.79. The summed E-state index contributed by atoms with van der Waals surface area (Å²) in [7, 11) is 5.57. The van der Waals surface area contributed by atoms with E-state index in [1.165, 1.54) is 32.4 Å². The highest BCUT2D eigenvalue weighted by atomic mass is 16.7. The van der Waals surface area contributed by atoms with Crippen molar-refractivity contribution in [2.75, 3.05) is 40.9 Å². The molecule has 17 heavy (non-hydrogen) atoms. The summed E-state index contributed by atoms with van der Waals surface area (Å²) in [6, 6.07) is 0.247. The van der Waals surface area contributed by atoms with Crippen LogP contribution in [0.25, 0.3) is 0 Å². The summed E-state index contributed by atoms with van der Waals surface area (Å²) in [5.74, 6) is 0.884. The van der Waals surface area contributed by atoms with Crippen molar-refractivity contribution in [3.05, 3.63) is 0 Å². The molecule has 102 valence electrons. The van der Waals surface area contributed by atoms with E-state index in [1.807, 2.05) is 0 Å². The van der Waals surface area contributed by atoms with Crippen molar-refractivity contribution in [1.29, 1.82) is 0 Å². The van der Waals surface area contributed by atoms with Crippen LogP contribution in [0.15, 0.2) is 0 Å². The highest BCUT2D eigenvalue weighted by Crippen LogP contribution is 2.18. The molecule has 0 aromatic heterocycles. The van der Waals surface area contributed by atoms with E-state index in [4.69, 9.17) is 9.47 Å². The SMILES string of the molecule is COC(OC)C(C)NCCC1CCN(C)CC1. The smallest absolute Gasteiger partial charge is 0.171 e. The molecule has 1 aliphatic rings. The molecule has 0 aliphatic carbocycles. The van der Waals surface area contributed by atoms with E-state index < -0.39 is 0 Å². The van der Waals surface area contributed by atoms with Crippen LogP contribution in [0.5, 0.6) is 0 Å². The number of hydrogen-bond donors (Lipinski definition) is 1. The average molecular weight is 244 g/mol. The van der Waals surface area contributed by atoms with Crippen molar-refractivity contribution in [1.82, 2.24) is 10.2 Å². The lowest BCUT2D eigenvalue weighted by Crippen LogP contribution is -2.41. The molecular weight excluding hydrogens is 216 g/mol. The Hall–Kier alpha value is -0.160. The van der Waals surface area contributed by atoms with Crippen LogP contribution >= 0.6 is 0 Å². The molecule has 0 bridgehead atoms. The van der Waals surface area contributed by atoms with Gasteiger partial charge in [-0.1, -0.05) is 0 Å². The summed E-state index contributed by atoms with van der Waals surface area (Å²) in [5, 5.41) is 3.48. The van der Waals surface area contributed by atoms with E-state index in [2.05, 4.69) is 24.2 Å². The first-order valence-corrected chi connectivity index (χ1v) is 6.65. The van der Waals surface area contributed by atoms with Crippen LogP contribution < -0.4 is 5.32 Å². The number of likely N-dealkylation sites (tertiary alicyclic amines) is 1. The van der Waals surface area contributed by atoms with E-state index in [9.17, 15) is 0 Å². The highest BCUT2D eigenvalue weighted by molar-refractivity contribution is 4.72. The van der Waals surface area contributed by atoms with Gasteiger partial charge in [0.2, 0.25) is 0 Å². The van der Waals surface area contributed by atoms with Gasteiger partial charge in [0, 0.05) is 14.2 Å². The number of nitrogens with one attached hydrogen (secondary N) is 1. The topological polar surface area (TPSA) is 33.7 Å². The Bertz CT molecular complexity index is 190. The Balaban J connectivity index is 2.10. The van der Waals surface area contributed by atoms with Crippen LogP contribution in [0, 0.1) is 5.92 Å². The molecule has 0 amide bonds. The van der Waals surface area contributed by atoms with Crippen LogP contribution in [-0.4, -0.2) is 58.1 Å². The summed E-state index contributed by atoms with van der Waals surface area (Å²) in [4.78, 5) is 2.42. The van der Waals surface area contributed by atoms with E-state index in [-0.39, 0.29) is 12.3 Å². The second-order valence-corrected chi connectivity index (χ2v) is 5.12. The predicted octanol–water partition coefficient (Wildman–Crippen LogP) is 1.32. The van der Waals surface area contributed by atoms with Crippen LogP contribution in [0.4, 0.5) is 0 Å². The largest absolute Gasteiger partial charge is 0.354 e. The van der Waals surface area contributed by atoms with Gasteiger partial charge in [-0.3, -0.25) is 0 Å². The molecule has 0 radical (unpaired) electrons. The number of methoxy groups -OCH3 is 2. The van der Waals surface area contributed by atoms with Crippen molar-refractivity contribution in [3.63, 3.8) is 0 Å². The van der Waals surface area contributed by atoms with E-state index >= 15 is 0 Å². The minimum Gasteiger partial charge on any atom is -0.354 e. The zero-order valence-electron chi connectivity index (χ0n) is 11.7. The Labute approximate surface area is 106 Å². The number of rotatable bonds is 7. The van der Waals surface area contributed by atoms with Crippen LogP contribution in [0.3, 0.4) is 0 Å². The van der Waals surface area contributed by atoms with Crippen molar-refractivity contribution in [2.24, 2.45) is 5.92 Å². The van der Waals surface area contributed by atoms with Crippen molar-refractivity contribution >= 4 is 0 Å². The van der Waals surface area contributed by atoms with Gasteiger partial charge in [-0.05, 0) is 58.8 Å². The summed E-state index contributed by atoms with van der Waals surface area (Å²) >= 11 is 0. The number of nitrogens with zero attached hydrogens (tertiary/aromatic N) is 1. The fraction of sp³-hybridized carbons (Fsp3) is 1.00. The molecule has 1 aliphatic heterocycles. The Morgan fingerprint density at radius 2 is 1.82 bits per heavy atom. The molecule has 1 unspecified atom stereocenters. The van der Waals surface area contributed by atoms with Crippen molar-refractivity contribution in [2.45, 2.75) is 38.5 Å². The maximum Gasteiger partial charge on any atom is 0.171 e. The van der Waals surface area contributed by atoms with Crippen LogP contribution in [-0.2, 0) is 9.47 Å². The zero-order chi connectivity index (χ0) is 12.7. The molecule has 4 heteroatoms. The van der Waals surface area contributed by atoms with Gasteiger partial charge in [0.25, 0.3) is 0 Å². The van der Waals surface area contributed by atoms with Gasteiger partial charge in [0.05, 0.1) is 6.04 Å². The Morgan fingerprint density at radius 1 is 1.24 bits per heavy atom. The number of hydrogen-bond acceptors (Lipinski definition) is 4. The Kier molecular flexibility index (Phi) is 7.04. The van der Waals surface area contributed by atoms with E-state index in [0.717, 1.165) is 12.5 Å². The Morgan fingerprint density at radius 3 is 2.35 bits per heavy atom. The van der Waals surface area contributed by atoms with Crippen LogP contribution in [0.1, 0.15) is 26.2 Å². The van der Waals surface area contributed by atoms with Crippen LogP contribution in [0.2, 0.25) is 0 Å². The molecule has 1 fully saturated rings. The van der Waals surface area contributed by atoms with Gasteiger partial charge in [0.1, 0.15) is 0 Å². The molecule has 4 nitrogen and oxygen atoms in total. The molecule has 1 heterocycles. The number of ether oxygens (including phenoxy) is 2. The molecule has 0 aromatic carbocycles. The second kappa shape index (κ2) is 8.03. The van der Waals surface area contributed by atoms with E-state index in [1.54, 1.807) is 14.2 Å². The maximum atomic E-state index is 5.23. The first kappa shape index (κ1) is 14.9. The maximum absolute atomic E-state index is 5.23. The van der Waals surface area contributed by atoms with Gasteiger partial charge in [-0.15, -0.1) is 0 Å². The summed E-state index contributed by atoms with van der Waals surface area (Å²) in [5.41, 5.74) is 0. The third kappa shape index (κ3) is 5.34. The summed E-state index contributed by atoms with van der Waals surface area (Å²) < 4.78 is 10.5. The molecule has 0 spiro atoms. The first-order valence-electron chi connectivity index (χ1n) is 6.65. The standard InChI is InChI=1S/C13H28N2O2/c1-11(13(16-3)17-4)14-8-5-12-6-9-15(2)10-7-12/h11-14H,5-10H2,1-4H3. The molecule has 1 rings (SSSR count). The molecule has 0 saturated carbocycles. The van der Waals surface area contributed by atoms with Gasteiger partial charge in [0.15, 0.2) is 6.29 Å².